The summed E-state index contributed by atoms with van der Waals surface area (Å²) in [6.45, 7) is 1.55. The van der Waals surface area contributed by atoms with E-state index in [1.807, 2.05) is 0 Å². The Morgan fingerprint density at radius 2 is 1.79 bits per heavy atom. The molecule has 0 radical (unpaired) electrons. The summed E-state index contributed by atoms with van der Waals surface area (Å²) in [5.74, 6) is -1.78. The highest BCUT2D eigenvalue weighted by Gasteiger charge is 2.12. The second-order valence-corrected chi connectivity index (χ2v) is 5.06. The smallest absolute Gasteiger partial charge is 0.152 e. The van der Waals surface area contributed by atoms with Crippen molar-refractivity contribution in [2.45, 2.75) is 13.5 Å². The van der Waals surface area contributed by atoms with Crippen LogP contribution in [0, 0.1) is 24.4 Å². The molecule has 0 aliphatic rings. The van der Waals surface area contributed by atoms with Crippen molar-refractivity contribution >= 4 is 21.6 Å². The Kier molecular flexibility index (Phi) is 4.14. The van der Waals surface area contributed by atoms with Gasteiger partial charge >= 0.3 is 0 Å². The summed E-state index contributed by atoms with van der Waals surface area (Å²) in [5, 5.41) is 2.59. The Bertz CT molecular complexity index is 614. The van der Waals surface area contributed by atoms with Crippen molar-refractivity contribution in [2.24, 2.45) is 0 Å². The minimum atomic E-state index is -0.694. The van der Waals surface area contributed by atoms with Gasteiger partial charge in [-0.15, -0.1) is 0 Å². The third-order valence-corrected chi connectivity index (χ3v) is 3.25. The fourth-order valence-electron chi connectivity index (χ4n) is 1.67. The summed E-state index contributed by atoms with van der Waals surface area (Å²) < 4.78 is 41.4. The predicted octanol–water partition coefficient (Wildman–Crippen LogP) is 4.79. The van der Waals surface area contributed by atoms with Gasteiger partial charge in [-0.25, -0.2) is 13.2 Å². The molecule has 1 nitrogen and oxygen atoms in total. The van der Waals surface area contributed by atoms with Crippen molar-refractivity contribution in [3.63, 3.8) is 0 Å². The number of aryl methyl sites for hydroxylation is 1. The van der Waals surface area contributed by atoms with Crippen LogP contribution in [0.3, 0.4) is 0 Å². The van der Waals surface area contributed by atoms with E-state index in [4.69, 9.17) is 0 Å². The maximum atomic E-state index is 13.7. The van der Waals surface area contributed by atoms with Crippen LogP contribution in [0.4, 0.5) is 18.9 Å². The highest BCUT2D eigenvalue weighted by molar-refractivity contribution is 9.10. The van der Waals surface area contributed by atoms with Gasteiger partial charge in [-0.1, -0.05) is 28.1 Å². The van der Waals surface area contributed by atoms with Crippen LogP contribution in [-0.4, -0.2) is 0 Å². The van der Waals surface area contributed by atoms with Crippen molar-refractivity contribution in [1.82, 2.24) is 0 Å². The predicted molar refractivity (Wildman–Crippen MR) is 72.5 cm³/mol. The number of rotatable bonds is 3. The summed E-state index contributed by atoms with van der Waals surface area (Å²) in [4.78, 5) is 0. The highest BCUT2D eigenvalue weighted by Crippen LogP contribution is 2.23. The molecule has 0 amide bonds. The van der Waals surface area contributed by atoms with E-state index in [2.05, 4.69) is 21.2 Å². The molecule has 0 saturated heterocycles. The number of anilines is 1. The Morgan fingerprint density at radius 3 is 2.47 bits per heavy atom. The molecule has 5 heteroatoms. The van der Waals surface area contributed by atoms with Crippen LogP contribution in [-0.2, 0) is 6.54 Å². The van der Waals surface area contributed by atoms with Crippen molar-refractivity contribution in [1.29, 1.82) is 0 Å². The Hall–Kier alpha value is -1.49. The minimum Gasteiger partial charge on any atom is -0.376 e. The van der Waals surface area contributed by atoms with E-state index in [1.54, 1.807) is 19.1 Å². The van der Waals surface area contributed by atoms with Gasteiger partial charge in [0.1, 0.15) is 17.3 Å². The molecule has 0 aliphatic carbocycles. The van der Waals surface area contributed by atoms with Gasteiger partial charge in [0.15, 0.2) is 5.82 Å². The summed E-state index contributed by atoms with van der Waals surface area (Å²) in [6, 6.07) is 7.07. The SMILES string of the molecule is Cc1ccc(F)c(NCc2ccc(Br)cc2F)c1F. The van der Waals surface area contributed by atoms with Gasteiger partial charge < -0.3 is 5.32 Å². The maximum absolute atomic E-state index is 13.7. The lowest BCUT2D eigenvalue weighted by Gasteiger charge is -2.11. The Balaban J connectivity index is 2.21. The van der Waals surface area contributed by atoms with Crippen LogP contribution in [0.15, 0.2) is 34.8 Å². The first kappa shape index (κ1) is 13.9. The molecular weight excluding hydrogens is 319 g/mol. The van der Waals surface area contributed by atoms with E-state index in [1.165, 1.54) is 18.2 Å². The second-order valence-electron chi connectivity index (χ2n) is 4.14. The number of nitrogens with one attached hydrogen (secondary N) is 1. The first-order chi connectivity index (χ1) is 8.99. The molecular formula is C14H11BrF3N. The molecule has 0 aliphatic heterocycles. The molecule has 0 atom stereocenters. The molecule has 0 aromatic heterocycles. The molecule has 2 aromatic rings. The Morgan fingerprint density at radius 1 is 1.05 bits per heavy atom. The quantitative estimate of drug-likeness (QED) is 0.853. The van der Waals surface area contributed by atoms with E-state index in [0.29, 0.717) is 15.6 Å². The van der Waals surface area contributed by atoms with Gasteiger partial charge in [-0.05, 0) is 30.7 Å². The molecule has 0 spiro atoms. The second kappa shape index (κ2) is 5.65. The van der Waals surface area contributed by atoms with E-state index >= 15 is 0 Å². The third-order valence-electron chi connectivity index (χ3n) is 2.75. The molecule has 0 heterocycles. The highest BCUT2D eigenvalue weighted by atomic mass is 79.9. The molecule has 2 rings (SSSR count). The van der Waals surface area contributed by atoms with Gasteiger partial charge in [-0.2, -0.15) is 0 Å². The zero-order valence-electron chi connectivity index (χ0n) is 10.1. The molecule has 0 saturated carbocycles. The van der Waals surface area contributed by atoms with Crippen molar-refractivity contribution in [3.8, 4) is 0 Å². The van der Waals surface area contributed by atoms with Crippen molar-refractivity contribution < 1.29 is 13.2 Å². The standard InChI is InChI=1S/C14H11BrF3N/c1-8-2-5-11(16)14(13(8)18)19-7-9-3-4-10(15)6-12(9)17/h2-6,19H,7H2,1H3. The van der Waals surface area contributed by atoms with Gasteiger partial charge in [-0.3, -0.25) is 0 Å². The van der Waals surface area contributed by atoms with E-state index in [-0.39, 0.29) is 12.2 Å². The van der Waals surface area contributed by atoms with E-state index in [0.717, 1.165) is 0 Å². The fourth-order valence-corrected chi connectivity index (χ4v) is 2.00. The molecule has 1 N–H and O–H groups in total. The average molecular weight is 330 g/mol. The van der Waals surface area contributed by atoms with Gasteiger partial charge in [0.25, 0.3) is 0 Å². The Labute approximate surface area is 117 Å². The fraction of sp³-hybridized carbons (Fsp3) is 0.143. The van der Waals surface area contributed by atoms with E-state index < -0.39 is 17.5 Å². The lowest BCUT2D eigenvalue weighted by molar-refractivity contribution is 0.580. The van der Waals surface area contributed by atoms with Crippen LogP contribution >= 0.6 is 15.9 Å². The van der Waals surface area contributed by atoms with Crippen LogP contribution in [0.5, 0.6) is 0 Å². The molecule has 0 unspecified atom stereocenters. The van der Waals surface area contributed by atoms with Crippen LogP contribution in [0.1, 0.15) is 11.1 Å². The first-order valence-electron chi connectivity index (χ1n) is 5.61. The molecule has 0 fully saturated rings. The van der Waals surface area contributed by atoms with Crippen LogP contribution in [0.2, 0.25) is 0 Å². The minimum absolute atomic E-state index is 0.0103. The lowest BCUT2D eigenvalue weighted by atomic mass is 10.1. The normalized spacial score (nSPS) is 10.6. The summed E-state index contributed by atoms with van der Waals surface area (Å²) in [6.07, 6.45) is 0. The zero-order chi connectivity index (χ0) is 14.0. The lowest BCUT2D eigenvalue weighted by Crippen LogP contribution is -2.06. The van der Waals surface area contributed by atoms with E-state index in [9.17, 15) is 13.2 Å². The van der Waals surface area contributed by atoms with Crippen LogP contribution < -0.4 is 5.32 Å². The maximum Gasteiger partial charge on any atom is 0.152 e. The summed E-state index contributed by atoms with van der Waals surface area (Å²) in [5.41, 5.74) is 0.436. The molecule has 19 heavy (non-hydrogen) atoms. The van der Waals surface area contributed by atoms with Gasteiger partial charge in [0, 0.05) is 16.6 Å². The number of benzene rings is 2. The average Bonchev–Trinajstić information content (AvgIpc) is 2.36. The third kappa shape index (κ3) is 3.10. The zero-order valence-corrected chi connectivity index (χ0v) is 11.7. The van der Waals surface area contributed by atoms with Gasteiger partial charge in [0.2, 0.25) is 0 Å². The van der Waals surface area contributed by atoms with Gasteiger partial charge in [0.05, 0.1) is 0 Å². The number of hydrogen-bond donors (Lipinski definition) is 1. The van der Waals surface area contributed by atoms with Crippen LogP contribution in [0.25, 0.3) is 0 Å². The monoisotopic (exact) mass is 329 g/mol. The molecule has 0 bridgehead atoms. The number of halogens is 4. The molecule has 2 aromatic carbocycles. The summed E-state index contributed by atoms with van der Waals surface area (Å²) in [7, 11) is 0. The topological polar surface area (TPSA) is 12.0 Å². The number of hydrogen-bond acceptors (Lipinski definition) is 1. The molecule has 100 valence electrons. The largest absolute Gasteiger partial charge is 0.376 e. The summed E-state index contributed by atoms with van der Waals surface area (Å²) >= 11 is 3.14. The van der Waals surface area contributed by atoms with Crippen molar-refractivity contribution in [3.05, 3.63) is 63.4 Å². The van der Waals surface area contributed by atoms with Crippen molar-refractivity contribution in [2.75, 3.05) is 5.32 Å². The first-order valence-corrected chi connectivity index (χ1v) is 6.40.